The molecule has 0 aliphatic carbocycles. The highest BCUT2D eigenvalue weighted by Gasteiger charge is 2.40. The van der Waals surface area contributed by atoms with Gasteiger partial charge in [0, 0.05) is 25.4 Å². The number of aliphatic hydroxyl groups is 1. The van der Waals surface area contributed by atoms with Gasteiger partial charge in [-0.3, -0.25) is 19.3 Å². The number of imide groups is 1. The van der Waals surface area contributed by atoms with Crippen molar-refractivity contribution in [2.24, 2.45) is 11.7 Å². The molecule has 1 aliphatic heterocycles. The van der Waals surface area contributed by atoms with Gasteiger partial charge in [-0.2, -0.15) is 0 Å². The molecular formula is C27H38N4O4. The van der Waals surface area contributed by atoms with E-state index in [1.54, 1.807) is 0 Å². The van der Waals surface area contributed by atoms with Crippen LogP contribution in [0.4, 0.5) is 0 Å². The summed E-state index contributed by atoms with van der Waals surface area (Å²) < 4.78 is 0. The molecule has 35 heavy (non-hydrogen) atoms. The van der Waals surface area contributed by atoms with Crippen molar-refractivity contribution in [3.8, 4) is 0 Å². The monoisotopic (exact) mass is 482 g/mol. The van der Waals surface area contributed by atoms with Gasteiger partial charge in [-0.1, -0.05) is 56.3 Å². The van der Waals surface area contributed by atoms with Gasteiger partial charge in [0.05, 0.1) is 12.1 Å². The van der Waals surface area contributed by atoms with E-state index in [1.807, 2.05) is 56.3 Å². The molecule has 0 aromatic heterocycles. The Morgan fingerprint density at radius 3 is 2.49 bits per heavy atom. The molecule has 1 unspecified atom stereocenters. The Morgan fingerprint density at radius 2 is 1.86 bits per heavy atom. The van der Waals surface area contributed by atoms with Crippen LogP contribution in [-0.2, 0) is 20.8 Å². The van der Waals surface area contributed by atoms with Gasteiger partial charge < -0.3 is 21.5 Å². The molecule has 0 radical (unpaired) electrons. The smallest absolute Gasteiger partial charge is 0.247 e. The van der Waals surface area contributed by atoms with E-state index in [1.165, 1.54) is 4.90 Å². The molecule has 0 saturated carbocycles. The number of rotatable bonds is 11. The lowest BCUT2D eigenvalue weighted by Crippen LogP contribution is -2.59. The molecule has 0 bridgehead atoms. The van der Waals surface area contributed by atoms with E-state index in [2.05, 4.69) is 10.6 Å². The van der Waals surface area contributed by atoms with Crippen molar-refractivity contribution in [2.45, 2.75) is 64.1 Å². The normalized spacial score (nSPS) is 17.3. The number of hydrogen-bond acceptors (Lipinski definition) is 6. The highest BCUT2D eigenvalue weighted by atomic mass is 16.3. The second kappa shape index (κ2) is 12.8. The molecule has 3 atom stereocenters. The Hall–Kier alpha value is -2.81. The fourth-order valence-corrected chi connectivity index (χ4v) is 4.62. The second-order valence-electron chi connectivity index (χ2n) is 9.24. The van der Waals surface area contributed by atoms with E-state index in [0.29, 0.717) is 25.8 Å². The third-order valence-corrected chi connectivity index (χ3v) is 6.81. The molecule has 2 aromatic carbocycles. The first kappa shape index (κ1) is 26.8. The first-order chi connectivity index (χ1) is 16.9. The van der Waals surface area contributed by atoms with E-state index < -0.39 is 24.1 Å². The lowest BCUT2D eigenvalue weighted by atomic mass is 9.96. The Bertz CT molecular complexity index is 1000. The second-order valence-corrected chi connectivity index (χ2v) is 9.24. The number of hydrogen-bond donors (Lipinski definition) is 4. The predicted octanol–water partition coefficient (Wildman–Crippen LogP) is 1.73. The predicted molar refractivity (Wildman–Crippen MR) is 136 cm³/mol. The highest BCUT2D eigenvalue weighted by molar-refractivity contribution is 6.03. The van der Waals surface area contributed by atoms with Crippen molar-refractivity contribution < 1.29 is 19.5 Å². The number of aliphatic hydroxyl groups excluding tert-OH is 1. The fourth-order valence-electron chi connectivity index (χ4n) is 4.62. The summed E-state index contributed by atoms with van der Waals surface area (Å²) in [5, 5.41) is 17.9. The van der Waals surface area contributed by atoms with Crippen molar-refractivity contribution in [2.75, 3.05) is 19.6 Å². The number of amides is 3. The summed E-state index contributed by atoms with van der Waals surface area (Å²) in [5.74, 6) is -1.52. The number of benzene rings is 2. The molecule has 1 fully saturated rings. The average molecular weight is 483 g/mol. The van der Waals surface area contributed by atoms with E-state index in [-0.39, 0.29) is 37.2 Å². The highest BCUT2D eigenvalue weighted by Crippen LogP contribution is 2.23. The zero-order valence-corrected chi connectivity index (χ0v) is 20.7. The Labute approximate surface area is 207 Å². The SMILES string of the molecule is CCC(CC)C(=O)N(C(=O)[C@@H]1CCCN1)[C@H](Cc1ccc2ccccc2c1)C(=O)NCC(O)CN. The summed E-state index contributed by atoms with van der Waals surface area (Å²) in [6.45, 7) is 4.48. The quantitative estimate of drug-likeness (QED) is 0.387. The number of fused-ring (bicyclic) bond motifs is 1. The minimum Gasteiger partial charge on any atom is -0.390 e. The molecule has 1 heterocycles. The van der Waals surface area contributed by atoms with Crippen LogP contribution in [0.15, 0.2) is 42.5 Å². The molecule has 2 aromatic rings. The van der Waals surface area contributed by atoms with Crippen LogP contribution >= 0.6 is 0 Å². The average Bonchev–Trinajstić information content (AvgIpc) is 3.42. The minimum atomic E-state index is -1.04. The topological polar surface area (TPSA) is 125 Å². The van der Waals surface area contributed by atoms with Crippen molar-refractivity contribution in [3.05, 3.63) is 48.0 Å². The summed E-state index contributed by atoms with van der Waals surface area (Å²) in [6, 6.07) is 12.3. The van der Waals surface area contributed by atoms with Crippen LogP contribution in [0.3, 0.4) is 0 Å². The van der Waals surface area contributed by atoms with E-state index in [4.69, 9.17) is 5.73 Å². The zero-order valence-electron chi connectivity index (χ0n) is 20.7. The van der Waals surface area contributed by atoms with Crippen LogP contribution in [-0.4, -0.2) is 65.5 Å². The van der Waals surface area contributed by atoms with Crippen molar-refractivity contribution in [3.63, 3.8) is 0 Å². The summed E-state index contributed by atoms with van der Waals surface area (Å²) in [7, 11) is 0. The molecule has 3 amide bonds. The summed E-state index contributed by atoms with van der Waals surface area (Å²) in [6.07, 6.45) is 1.89. The van der Waals surface area contributed by atoms with Gasteiger partial charge in [0.15, 0.2) is 0 Å². The molecule has 8 heteroatoms. The summed E-state index contributed by atoms with van der Waals surface area (Å²) >= 11 is 0. The molecule has 1 saturated heterocycles. The van der Waals surface area contributed by atoms with Crippen molar-refractivity contribution in [1.82, 2.24) is 15.5 Å². The maximum Gasteiger partial charge on any atom is 0.247 e. The Balaban J connectivity index is 2.00. The van der Waals surface area contributed by atoms with E-state index in [0.717, 1.165) is 22.8 Å². The molecule has 0 spiro atoms. The van der Waals surface area contributed by atoms with Crippen molar-refractivity contribution >= 4 is 28.5 Å². The third-order valence-electron chi connectivity index (χ3n) is 6.81. The van der Waals surface area contributed by atoms with E-state index >= 15 is 0 Å². The standard InChI is InChI=1S/C27H38N4O4/c1-3-19(4-2)26(34)31(27(35)23-10-7-13-29-23)24(25(33)30-17-22(32)16-28)15-18-11-12-20-8-5-6-9-21(20)14-18/h5-6,8-9,11-12,14,19,22-24,29,32H,3-4,7,10,13,15-17,28H2,1-2H3,(H,30,33)/t22?,23-,24+/m0/s1. The lowest BCUT2D eigenvalue weighted by molar-refractivity contribution is -0.155. The van der Waals surface area contributed by atoms with Gasteiger partial charge in [0.25, 0.3) is 0 Å². The minimum absolute atomic E-state index is 0.00304. The Morgan fingerprint density at radius 1 is 1.14 bits per heavy atom. The largest absolute Gasteiger partial charge is 0.390 e. The maximum atomic E-state index is 13.7. The van der Waals surface area contributed by atoms with Crippen LogP contribution in [0.2, 0.25) is 0 Å². The van der Waals surface area contributed by atoms with Crippen LogP contribution in [0.25, 0.3) is 10.8 Å². The van der Waals surface area contributed by atoms with Crippen LogP contribution < -0.4 is 16.4 Å². The van der Waals surface area contributed by atoms with Crippen LogP contribution in [0, 0.1) is 5.92 Å². The zero-order chi connectivity index (χ0) is 25.4. The number of nitrogens with zero attached hydrogens (tertiary/aromatic N) is 1. The van der Waals surface area contributed by atoms with Gasteiger partial charge >= 0.3 is 0 Å². The molecular weight excluding hydrogens is 444 g/mol. The first-order valence-electron chi connectivity index (χ1n) is 12.6. The molecule has 1 aliphatic rings. The van der Waals surface area contributed by atoms with Gasteiger partial charge in [-0.25, -0.2) is 0 Å². The van der Waals surface area contributed by atoms with Gasteiger partial charge in [0.1, 0.15) is 6.04 Å². The molecule has 3 rings (SSSR count). The van der Waals surface area contributed by atoms with E-state index in [9.17, 15) is 19.5 Å². The fraction of sp³-hybridized carbons (Fsp3) is 0.519. The molecule has 8 nitrogen and oxygen atoms in total. The first-order valence-corrected chi connectivity index (χ1v) is 12.6. The number of carbonyl (C=O) groups excluding carboxylic acids is 3. The Kier molecular flexibility index (Phi) is 9.77. The van der Waals surface area contributed by atoms with Gasteiger partial charge in [-0.15, -0.1) is 0 Å². The number of carbonyl (C=O) groups is 3. The van der Waals surface area contributed by atoms with Crippen LogP contribution in [0.5, 0.6) is 0 Å². The summed E-state index contributed by atoms with van der Waals surface area (Å²) in [5.41, 5.74) is 6.34. The lowest BCUT2D eigenvalue weighted by Gasteiger charge is -2.34. The third kappa shape index (κ3) is 6.66. The number of nitrogens with two attached hydrogens (primary N) is 1. The van der Waals surface area contributed by atoms with Gasteiger partial charge in [0.2, 0.25) is 17.7 Å². The maximum absolute atomic E-state index is 13.7. The van der Waals surface area contributed by atoms with Crippen LogP contribution in [0.1, 0.15) is 45.1 Å². The van der Waals surface area contributed by atoms with Crippen molar-refractivity contribution in [1.29, 1.82) is 0 Å². The van der Waals surface area contributed by atoms with Gasteiger partial charge in [-0.05, 0) is 48.6 Å². The summed E-state index contributed by atoms with van der Waals surface area (Å²) in [4.78, 5) is 42.0. The molecule has 190 valence electrons. The number of nitrogens with one attached hydrogen (secondary N) is 2. The molecule has 5 N–H and O–H groups in total.